The van der Waals surface area contributed by atoms with E-state index in [1.54, 1.807) is 16.8 Å². The first kappa shape index (κ1) is 12.2. The molecule has 5 heteroatoms. The van der Waals surface area contributed by atoms with Crippen LogP contribution >= 0.6 is 0 Å². The molecule has 0 spiro atoms. The molecular weight excluding hydrogens is 245 g/mol. The standard InChI is InChI=1S/C14H16FN3O/c1-19-13-5-4-12(10(8-16)14(13)15)18-7-6-11(17-18)9-2-3-9/h4-7,9H,2-3,8,16H2,1H3. The van der Waals surface area contributed by atoms with Crippen molar-refractivity contribution in [1.29, 1.82) is 0 Å². The van der Waals surface area contributed by atoms with E-state index in [-0.39, 0.29) is 12.3 Å². The SMILES string of the molecule is COc1ccc(-n2ccc(C3CC3)n2)c(CN)c1F. The molecule has 1 aliphatic rings. The van der Waals surface area contributed by atoms with Gasteiger partial charge in [-0.05, 0) is 31.0 Å². The summed E-state index contributed by atoms with van der Waals surface area (Å²) in [5.41, 5.74) is 7.82. The molecule has 2 aromatic rings. The summed E-state index contributed by atoms with van der Waals surface area (Å²) in [4.78, 5) is 0. The molecule has 0 atom stereocenters. The number of ether oxygens (including phenoxy) is 1. The largest absolute Gasteiger partial charge is 0.494 e. The first-order chi connectivity index (χ1) is 9.24. The zero-order chi connectivity index (χ0) is 13.4. The minimum absolute atomic E-state index is 0.108. The third-order valence-corrected chi connectivity index (χ3v) is 3.46. The Hall–Kier alpha value is -1.88. The third-order valence-electron chi connectivity index (χ3n) is 3.46. The number of halogens is 1. The van der Waals surface area contributed by atoms with Crippen LogP contribution < -0.4 is 10.5 Å². The quantitative estimate of drug-likeness (QED) is 0.919. The van der Waals surface area contributed by atoms with Gasteiger partial charge in [0.2, 0.25) is 0 Å². The van der Waals surface area contributed by atoms with Crippen LogP contribution in [0.3, 0.4) is 0 Å². The van der Waals surface area contributed by atoms with Crippen LogP contribution in [0.5, 0.6) is 5.75 Å². The lowest BCUT2D eigenvalue weighted by Gasteiger charge is -2.11. The number of hydrogen-bond acceptors (Lipinski definition) is 3. The van der Waals surface area contributed by atoms with E-state index in [9.17, 15) is 4.39 Å². The smallest absolute Gasteiger partial charge is 0.171 e. The summed E-state index contributed by atoms with van der Waals surface area (Å²) in [7, 11) is 1.44. The summed E-state index contributed by atoms with van der Waals surface area (Å²) in [6.45, 7) is 0.108. The van der Waals surface area contributed by atoms with Crippen LogP contribution in [0, 0.1) is 5.82 Å². The van der Waals surface area contributed by atoms with Gasteiger partial charge in [0, 0.05) is 24.2 Å². The lowest BCUT2D eigenvalue weighted by Crippen LogP contribution is -2.09. The number of hydrogen-bond donors (Lipinski definition) is 1. The van der Waals surface area contributed by atoms with Gasteiger partial charge < -0.3 is 10.5 Å². The lowest BCUT2D eigenvalue weighted by molar-refractivity contribution is 0.384. The molecule has 19 heavy (non-hydrogen) atoms. The summed E-state index contributed by atoms with van der Waals surface area (Å²) in [6.07, 6.45) is 4.24. The second-order valence-electron chi connectivity index (χ2n) is 4.74. The second-order valence-corrected chi connectivity index (χ2v) is 4.74. The highest BCUT2D eigenvalue weighted by molar-refractivity contribution is 5.47. The molecule has 3 rings (SSSR count). The molecule has 1 aromatic heterocycles. The number of benzene rings is 1. The molecule has 1 aliphatic carbocycles. The number of rotatable bonds is 4. The number of nitrogens with zero attached hydrogens (tertiary/aromatic N) is 2. The Bertz CT molecular complexity index is 605. The Morgan fingerprint density at radius 3 is 2.84 bits per heavy atom. The second kappa shape index (κ2) is 4.66. The average Bonchev–Trinajstić information content (AvgIpc) is 3.16. The number of aromatic nitrogens is 2. The van der Waals surface area contributed by atoms with Gasteiger partial charge in [-0.15, -0.1) is 0 Å². The molecule has 0 amide bonds. The average molecular weight is 261 g/mol. The van der Waals surface area contributed by atoms with E-state index in [1.165, 1.54) is 20.0 Å². The Labute approximate surface area is 111 Å². The fourth-order valence-corrected chi connectivity index (χ4v) is 2.23. The topological polar surface area (TPSA) is 53.1 Å². The first-order valence-corrected chi connectivity index (χ1v) is 6.36. The van der Waals surface area contributed by atoms with Crippen LogP contribution in [0.2, 0.25) is 0 Å². The van der Waals surface area contributed by atoms with Gasteiger partial charge in [-0.3, -0.25) is 0 Å². The normalized spacial score (nSPS) is 14.7. The van der Waals surface area contributed by atoms with Crippen molar-refractivity contribution in [3.05, 3.63) is 41.5 Å². The molecule has 0 unspecified atom stereocenters. The third kappa shape index (κ3) is 2.10. The van der Waals surface area contributed by atoms with Crippen molar-refractivity contribution in [2.24, 2.45) is 5.73 Å². The molecule has 1 aromatic carbocycles. The van der Waals surface area contributed by atoms with Gasteiger partial charge in [0.05, 0.1) is 18.5 Å². The molecule has 0 radical (unpaired) electrons. The van der Waals surface area contributed by atoms with E-state index in [0.717, 1.165) is 5.69 Å². The zero-order valence-corrected chi connectivity index (χ0v) is 10.8. The summed E-state index contributed by atoms with van der Waals surface area (Å²) < 4.78 is 20.8. The number of nitrogens with two attached hydrogens (primary N) is 1. The zero-order valence-electron chi connectivity index (χ0n) is 10.8. The van der Waals surface area contributed by atoms with Crippen molar-refractivity contribution in [3.8, 4) is 11.4 Å². The van der Waals surface area contributed by atoms with Crippen molar-refractivity contribution >= 4 is 0 Å². The minimum atomic E-state index is -0.411. The Morgan fingerprint density at radius 2 is 2.21 bits per heavy atom. The fraction of sp³-hybridized carbons (Fsp3) is 0.357. The van der Waals surface area contributed by atoms with Crippen molar-refractivity contribution in [2.75, 3.05) is 7.11 Å². The highest BCUT2D eigenvalue weighted by Crippen LogP contribution is 2.39. The highest BCUT2D eigenvalue weighted by atomic mass is 19.1. The Kier molecular flexibility index (Phi) is 2.98. The van der Waals surface area contributed by atoms with E-state index < -0.39 is 5.82 Å². The molecule has 100 valence electrons. The van der Waals surface area contributed by atoms with Gasteiger partial charge >= 0.3 is 0 Å². The van der Waals surface area contributed by atoms with E-state index in [0.29, 0.717) is 17.2 Å². The van der Waals surface area contributed by atoms with Crippen LogP contribution in [0.15, 0.2) is 24.4 Å². The molecule has 1 saturated carbocycles. The van der Waals surface area contributed by atoms with Crippen molar-refractivity contribution in [2.45, 2.75) is 25.3 Å². The first-order valence-electron chi connectivity index (χ1n) is 6.36. The molecule has 0 bridgehead atoms. The molecular formula is C14H16FN3O. The molecule has 1 fully saturated rings. The molecule has 1 heterocycles. The van der Waals surface area contributed by atoms with Gasteiger partial charge in [-0.1, -0.05) is 0 Å². The van der Waals surface area contributed by atoms with Crippen LogP contribution in [-0.2, 0) is 6.54 Å². The minimum Gasteiger partial charge on any atom is -0.494 e. The van der Waals surface area contributed by atoms with E-state index in [1.807, 2.05) is 12.3 Å². The highest BCUT2D eigenvalue weighted by Gasteiger charge is 2.26. The maximum atomic E-state index is 14.2. The van der Waals surface area contributed by atoms with Crippen LogP contribution in [0.4, 0.5) is 4.39 Å². The Morgan fingerprint density at radius 1 is 1.42 bits per heavy atom. The van der Waals surface area contributed by atoms with Crippen LogP contribution in [0.1, 0.15) is 30.0 Å². The summed E-state index contributed by atoms with van der Waals surface area (Å²) in [5, 5.41) is 4.50. The molecule has 0 aliphatic heterocycles. The molecule has 0 saturated heterocycles. The van der Waals surface area contributed by atoms with Crippen molar-refractivity contribution in [3.63, 3.8) is 0 Å². The Balaban J connectivity index is 2.05. The maximum Gasteiger partial charge on any atom is 0.171 e. The van der Waals surface area contributed by atoms with E-state index >= 15 is 0 Å². The summed E-state index contributed by atoms with van der Waals surface area (Å²) >= 11 is 0. The van der Waals surface area contributed by atoms with Gasteiger partial charge in [0.25, 0.3) is 0 Å². The van der Waals surface area contributed by atoms with Crippen LogP contribution in [-0.4, -0.2) is 16.9 Å². The number of methoxy groups -OCH3 is 1. The summed E-state index contributed by atoms with van der Waals surface area (Å²) in [6, 6.07) is 5.37. The maximum absolute atomic E-state index is 14.2. The molecule has 2 N–H and O–H groups in total. The predicted octanol–water partition coefficient (Wildman–Crippen LogP) is 2.36. The van der Waals surface area contributed by atoms with Crippen molar-refractivity contribution in [1.82, 2.24) is 9.78 Å². The summed E-state index contributed by atoms with van der Waals surface area (Å²) in [5.74, 6) is 0.371. The van der Waals surface area contributed by atoms with Crippen LogP contribution in [0.25, 0.3) is 5.69 Å². The van der Waals surface area contributed by atoms with Gasteiger partial charge in [-0.25, -0.2) is 9.07 Å². The predicted molar refractivity (Wildman–Crippen MR) is 69.9 cm³/mol. The lowest BCUT2D eigenvalue weighted by atomic mass is 10.1. The van der Waals surface area contributed by atoms with E-state index in [4.69, 9.17) is 10.5 Å². The van der Waals surface area contributed by atoms with Gasteiger partial charge in [-0.2, -0.15) is 5.10 Å². The van der Waals surface area contributed by atoms with E-state index in [2.05, 4.69) is 5.10 Å². The monoisotopic (exact) mass is 261 g/mol. The molecule has 4 nitrogen and oxygen atoms in total. The van der Waals surface area contributed by atoms with Gasteiger partial charge in [0.1, 0.15) is 0 Å². The van der Waals surface area contributed by atoms with Crippen molar-refractivity contribution < 1.29 is 9.13 Å². The van der Waals surface area contributed by atoms with Gasteiger partial charge in [0.15, 0.2) is 11.6 Å². The fourth-order valence-electron chi connectivity index (χ4n) is 2.23.